The van der Waals surface area contributed by atoms with Gasteiger partial charge in [0.05, 0.1) is 5.56 Å². The molecule has 0 fully saturated rings. The highest BCUT2D eigenvalue weighted by Gasteiger charge is 2.10. The van der Waals surface area contributed by atoms with Crippen molar-refractivity contribution >= 4 is 11.6 Å². The second kappa shape index (κ2) is 4.13. The van der Waals surface area contributed by atoms with Crippen LogP contribution < -0.4 is 11.1 Å². The molecule has 0 atom stereocenters. The van der Waals surface area contributed by atoms with E-state index >= 15 is 0 Å². The van der Waals surface area contributed by atoms with Crippen LogP contribution in [0.4, 0.5) is 5.69 Å². The summed E-state index contributed by atoms with van der Waals surface area (Å²) in [6.45, 7) is 5.92. The molecule has 1 amide bonds. The van der Waals surface area contributed by atoms with E-state index in [4.69, 9.17) is 5.73 Å². The summed E-state index contributed by atoms with van der Waals surface area (Å²) < 4.78 is 0. The van der Waals surface area contributed by atoms with Crippen molar-refractivity contribution in [1.29, 1.82) is 0 Å². The SMILES string of the molecule is Cc1cccc(NC(C)C)c1C(N)=O. The Kier molecular flexibility index (Phi) is 3.12. The van der Waals surface area contributed by atoms with Crippen molar-refractivity contribution in [3.63, 3.8) is 0 Å². The van der Waals surface area contributed by atoms with Gasteiger partial charge in [-0.1, -0.05) is 12.1 Å². The molecule has 0 radical (unpaired) electrons. The van der Waals surface area contributed by atoms with Gasteiger partial charge in [0.25, 0.3) is 5.91 Å². The van der Waals surface area contributed by atoms with Crippen molar-refractivity contribution in [3.05, 3.63) is 29.3 Å². The van der Waals surface area contributed by atoms with E-state index in [2.05, 4.69) is 5.32 Å². The minimum absolute atomic E-state index is 0.287. The van der Waals surface area contributed by atoms with Crippen LogP contribution in [0.25, 0.3) is 0 Å². The summed E-state index contributed by atoms with van der Waals surface area (Å²) in [5.41, 5.74) is 7.61. The molecule has 0 saturated heterocycles. The Morgan fingerprint density at radius 2 is 2.07 bits per heavy atom. The lowest BCUT2D eigenvalue weighted by Gasteiger charge is -2.14. The van der Waals surface area contributed by atoms with Gasteiger partial charge in [-0.15, -0.1) is 0 Å². The van der Waals surface area contributed by atoms with Crippen LogP contribution in [0.1, 0.15) is 29.8 Å². The third-order valence-corrected chi connectivity index (χ3v) is 1.96. The average Bonchev–Trinajstić information content (AvgIpc) is 2.01. The lowest BCUT2D eigenvalue weighted by atomic mass is 10.1. The molecule has 0 bridgehead atoms. The Morgan fingerprint density at radius 1 is 1.43 bits per heavy atom. The fraction of sp³-hybridized carbons (Fsp3) is 0.364. The molecule has 3 heteroatoms. The minimum Gasteiger partial charge on any atom is -0.382 e. The summed E-state index contributed by atoms with van der Waals surface area (Å²) in [5, 5.41) is 3.19. The molecule has 3 N–H and O–H groups in total. The van der Waals surface area contributed by atoms with E-state index in [1.165, 1.54) is 0 Å². The highest BCUT2D eigenvalue weighted by atomic mass is 16.1. The third kappa shape index (κ3) is 2.25. The fourth-order valence-corrected chi connectivity index (χ4v) is 1.43. The van der Waals surface area contributed by atoms with E-state index in [0.29, 0.717) is 5.56 Å². The summed E-state index contributed by atoms with van der Waals surface area (Å²) in [7, 11) is 0. The predicted molar refractivity (Wildman–Crippen MR) is 58.5 cm³/mol. The van der Waals surface area contributed by atoms with E-state index in [-0.39, 0.29) is 11.9 Å². The monoisotopic (exact) mass is 192 g/mol. The molecule has 0 aliphatic heterocycles. The topological polar surface area (TPSA) is 55.1 Å². The third-order valence-electron chi connectivity index (χ3n) is 1.96. The van der Waals surface area contributed by atoms with Gasteiger partial charge in [0.2, 0.25) is 0 Å². The molecule has 1 rings (SSSR count). The summed E-state index contributed by atoms with van der Waals surface area (Å²) in [6.07, 6.45) is 0. The predicted octanol–water partition coefficient (Wildman–Crippen LogP) is 1.91. The van der Waals surface area contributed by atoms with Crippen molar-refractivity contribution in [1.82, 2.24) is 0 Å². The first-order valence-electron chi connectivity index (χ1n) is 4.68. The van der Waals surface area contributed by atoms with Crippen molar-refractivity contribution in [2.45, 2.75) is 26.8 Å². The summed E-state index contributed by atoms with van der Waals surface area (Å²) >= 11 is 0. The Labute approximate surface area is 84.3 Å². The van der Waals surface area contributed by atoms with Crippen molar-refractivity contribution < 1.29 is 4.79 Å². The van der Waals surface area contributed by atoms with Crippen LogP contribution in [0.5, 0.6) is 0 Å². The van der Waals surface area contributed by atoms with Crippen LogP contribution in [0.3, 0.4) is 0 Å². The van der Waals surface area contributed by atoms with Crippen molar-refractivity contribution in [2.75, 3.05) is 5.32 Å². The zero-order valence-electron chi connectivity index (χ0n) is 8.79. The number of anilines is 1. The molecule has 1 aromatic rings. The molecule has 1 aromatic carbocycles. The fourth-order valence-electron chi connectivity index (χ4n) is 1.43. The van der Waals surface area contributed by atoms with Crippen molar-refractivity contribution in [3.8, 4) is 0 Å². The molecule has 0 unspecified atom stereocenters. The first kappa shape index (κ1) is 10.6. The van der Waals surface area contributed by atoms with Gasteiger partial charge < -0.3 is 11.1 Å². The zero-order chi connectivity index (χ0) is 10.7. The lowest BCUT2D eigenvalue weighted by molar-refractivity contribution is 0.100. The highest BCUT2D eigenvalue weighted by Crippen LogP contribution is 2.19. The van der Waals surface area contributed by atoms with Crippen LogP contribution >= 0.6 is 0 Å². The number of carbonyl (C=O) groups is 1. The van der Waals surface area contributed by atoms with Crippen LogP contribution in [-0.2, 0) is 0 Å². The molecule has 3 nitrogen and oxygen atoms in total. The maximum absolute atomic E-state index is 11.2. The maximum atomic E-state index is 11.2. The first-order valence-corrected chi connectivity index (χ1v) is 4.68. The van der Waals surface area contributed by atoms with Gasteiger partial charge in [-0.2, -0.15) is 0 Å². The van der Waals surface area contributed by atoms with E-state index in [9.17, 15) is 4.79 Å². The van der Waals surface area contributed by atoms with E-state index in [1.807, 2.05) is 39.0 Å². The van der Waals surface area contributed by atoms with Gasteiger partial charge in [0, 0.05) is 11.7 Å². The summed E-state index contributed by atoms with van der Waals surface area (Å²) in [6, 6.07) is 5.94. The molecule has 0 saturated carbocycles. The number of rotatable bonds is 3. The normalized spacial score (nSPS) is 10.3. The number of carbonyl (C=O) groups excluding carboxylic acids is 1. The summed E-state index contributed by atoms with van der Waals surface area (Å²) in [4.78, 5) is 11.2. The molecule has 0 aromatic heterocycles. The Balaban J connectivity index is 3.14. The molecule has 76 valence electrons. The second-order valence-corrected chi connectivity index (χ2v) is 3.66. The van der Waals surface area contributed by atoms with E-state index in [0.717, 1.165) is 11.3 Å². The van der Waals surface area contributed by atoms with Crippen LogP contribution in [-0.4, -0.2) is 11.9 Å². The maximum Gasteiger partial charge on any atom is 0.251 e. The molecular weight excluding hydrogens is 176 g/mol. The van der Waals surface area contributed by atoms with Crippen molar-refractivity contribution in [2.24, 2.45) is 5.73 Å². The summed E-state index contributed by atoms with van der Waals surface area (Å²) in [5.74, 6) is -0.383. The minimum atomic E-state index is -0.383. The number of nitrogens with one attached hydrogen (secondary N) is 1. The lowest BCUT2D eigenvalue weighted by Crippen LogP contribution is -2.18. The van der Waals surface area contributed by atoms with Gasteiger partial charge in [0.15, 0.2) is 0 Å². The number of benzene rings is 1. The second-order valence-electron chi connectivity index (χ2n) is 3.66. The number of amides is 1. The Morgan fingerprint density at radius 3 is 2.57 bits per heavy atom. The van der Waals surface area contributed by atoms with Crippen LogP contribution in [0.2, 0.25) is 0 Å². The number of primary amides is 1. The highest BCUT2D eigenvalue weighted by molar-refractivity contribution is 5.99. The Hall–Kier alpha value is -1.51. The molecular formula is C11H16N2O. The van der Waals surface area contributed by atoms with Gasteiger partial charge in [-0.05, 0) is 32.4 Å². The molecule has 0 aliphatic rings. The van der Waals surface area contributed by atoms with Crippen LogP contribution in [0, 0.1) is 6.92 Å². The van der Waals surface area contributed by atoms with E-state index in [1.54, 1.807) is 0 Å². The smallest absolute Gasteiger partial charge is 0.251 e. The number of aryl methyl sites for hydroxylation is 1. The molecule has 0 aliphatic carbocycles. The quantitative estimate of drug-likeness (QED) is 0.768. The average molecular weight is 192 g/mol. The molecule has 0 heterocycles. The largest absolute Gasteiger partial charge is 0.382 e. The van der Waals surface area contributed by atoms with Gasteiger partial charge in [-0.3, -0.25) is 4.79 Å². The first-order chi connectivity index (χ1) is 6.52. The van der Waals surface area contributed by atoms with Gasteiger partial charge >= 0.3 is 0 Å². The molecule has 0 spiro atoms. The zero-order valence-corrected chi connectivity index (χ0v) is 8.79. The molecule has 14 heavy (non-hydrogen) atoms. The number of nitrogens with two attached hydrogens (primary N) is 1. The van der Waals surface area contributed by atoms with Gasteiger partial charge in [-0.25, -0.2) is 0 Å². The number of hydrogen-bond acceptors (Lipinski definition) is 2. The van der Waals surface area contributed by atoms with Crippen LogP contribution in [0.15, 0.2) is 18.2 Å². The van der Waals surface area contributed by atoms with Gasteiger partial charge in [0.1, 0.15) is 0 Å². The standard InChI is InChI=1S/C11H16N2O/c1-7(2)13-9-6-4-5-8(3)10(9)11(12)14/h4-7,13H,1-3H3,(H2,12,14). The Bertz CT molecular complexity index is 345. The van der Waals surface area contributed by atoms with E-state index < -0.39 is 0 Å². The number of hydrogen-bond donors (Lipinski definition) is 2.